The Kier molecular flexibility index (Phi) is 12.0. The van der Waals surface area contributed by atoms with Crippen LogP contribution >= 0.6 is 11.8 Å². The molecule has 3 atom stereocenters. The van der Waals surface area contributed by atoms with E-state index in [-0.39, 0.29) is 30.8 Å². The monoisotopic (exact) mass is 687 g/mol. The first-order valence-corrected chi connectivity index (χ1v) is 17.7. The van der Waals surface area contributed by atoms with Crippen LogP contribution in [0.25, 0.3) is 11.1 Å². The zero-order chi connectivity index (χ0) is 34.7. The van der Waals surface area contributed by atoms with Gasteiger partial charge < -0.3 is 30.5 Å². The van der Waals surface area contributed by atoms with Gasteiger partial charge in [-0.25, -0.2) is 4.79 Å². The van der Waals surface area contributed by atoms with Gasteiger partial charge in [-0.2, -0.15) is 0 Å². The second-order valence-corrected chi connectivity index (χ2v) is 13.3. The van der Waals surface area contributed by atoms with Crippen molar-refractivity contribution in [3.63, 3.8) is 0 Å². The summed E-state index contributed by atoms with van der Waals surface area (Å²) < 4.78 is 13.1. The summed E-state index contributed by atoms with van der Waals surface area (Å²) in [6, 6.07) is 41.7. The van der Waals surface area contributed by atoms with E-state index in [1.807, 2.05) is 103 Å². The fourth-order valence-electron chi connectivity index (χ4n) is 5.77. The highest BCUT2D eigenvalue weighted by Gasteiger charge is 2.32. The Bertz CT molecular complexity index is 1850. The highest BCUT2D eigenvalue weighted by Crippen LogP contribution is 2.40. The molecule has 0 unspecified atom stereocenters. The molecular formula is C41H41N3O5S. The molecule has 0 bridgehead atoms. The Hall–Kier alpha value is -4.93. The predicted octanol–water partition coefficient (Wildman–Crippen LogP) is 8.14. The summed E-state index contributed by atoms with van der Waals surface area (Å²) in [6.45, 7) is 2.37. The van der Waals surface area contributed by atoms with Crippen LogP contribution in [0.1, 0.15) is 53.6 Å². The van der Waals surface area contributed by atoms with Gasteiger partial charge in [-0.05, 0) is 63.7 Å². The molecule has 1 aliphatic heterocycles. The van der Waals surface area contributed by atoms with E-state index < -0.39 is 6.29 Å². The molecule has 1 saturated heterocycles. The molecule has 9 heteroatoms. The van der Waals surface area contributed by atoms with Crippen LogP contribution in [0.3, 0.4) is 0 Å². The Labute approximate surface area is 297 Å². The topological polar surface area (TPSA) is 109 Å². The van der Waals surface area contributed by atoms with Crippen molar-refractivity contribution in [1.82, 2.24) is 10.6 Å². The molecule has 0 spiro atoms. The van der Waals surface area contributed by atoms with Crippen molar-refractivity contribution in [2.24, 2.45) is 0 Å². The number of aliphatic hydroxyl groups excluding tert-OH is 1. The summed E-state index contributed by atoms with van der Waals surface area (Å²) in [6.07, 6.45) is -0.124. The second-order valence-electron chi connectivity index (χ2n) is 12.2. The Morgan fingerprint density at radius 3 is 2.10 bits per heavy atom. The number of aliphatic hydroxyl groups is 1. The molecule has 0 aliphatic carbocycles. The maximum Gasteiger partial charge on any atom is 0.315 e. The molecular weight excluding hydrogens is 647 g/mol. The van der Waals surface area contributed by atoms with E-state index >= 15 is 0 Å². The highest BCUT2D eigenvalue weighted by atomic mass is 32.2. The summed E-state index contributed by atoms with van der Waals surface area (Å²) >= 11 is 1.71. The number of thioether (sulfide) groups is 1. The summed E-state index contributed by atoms with van der Waals surface area (Å²) in [5.41, 5.74) is 7.73. The minimum Gasteiger partial charge on any atom is -0.392 e. The van der Waals surface area contributed by atoms with Gasteiger partial charge in [-0.1, -0.05) is 97.1 Å². The third-order valence-corrected chi connectivity index (χ3v) is 9.56. The first-order valence-electron chi connectivity index (χ1n) is 16.7. The second kappa shape index (κ2) is 17.1. The maximum absolute atomic E-state index is 12.4. The fourth-order valence-corrected chi connectivity index (χ4v) is 6.69. The van der Waals surface area contributed by atoms with Gasteiger partial charge in [0, 0.05) is 48.3 Å². The zero-order valence-corrected chi connectivity index (χ0v) is 28.7. The Morgan fingerprint density at radius 2 is 1.40 bits per heavy atom. The van der Waals surface area contributed by atoms with Crippen molar-refractivity contribution in [1.29, 1.82) is 0 Å². The molecule has 8 nitrogen and oxygen atoms in total. The van der Waals surface area contributed by atoms with Crippen LogP contribution in [0, 0.1) is 0 Å². The molecule has 3 amide bonds. The summed E-state index contributed by atoms with van der Waals surface area (Å²) in [5, 5.41) is 18.2. The number of benzene rings is 5. The lowest BCUT2D eigenvalue weighted by Crippen LogP contribution is -2.34. The molecule has 6 rings (SSSR count). The minimum absolute atomic E-state index is 0.00656. The van der Waals surface area contributed by atoms with Crippen molar-refractivity contribution in [2.45, 2.75) is 56.4 Å². The fraction of sp³-hybridized carbons (Fsp3) is 0.220. The van der Waals surface area contributed by atoms with Gasteiger partial charge in [0.1, 0.15) is 0 Å². The van der Waals surface area contributed by atoms with E-state index in [0.29, 0.717) is 19.5 Å². The molecule has 1 heterocycles. The molecule has 1 fully saturated rings. The number of amides is 3. The lowest BCUT2D eigenvalue weighted by atomic mass is 9.99. The third kappa shape index (κ3) is 9.83. The van der Waals surface area contributed by atoms with Gasteiger partial charge in [-0.15, -0.1) is 11.8 Å². The van der Waals surface area contributed by atoms with Crippen LogP contribution in [0.5, 0.6) is 0 Å². The first-order chi connectivity index (χ1) is 24.4. The van der Waals surface area contributed by atoms with Crippen molar-refractivity contribution < 1.29 is 24.2 Å². The van der Waals surface area contributed by atoms with Crippen LogP contribution in [0.2, 0.25) is 0 Å². The maximum atomic E-state index is 12.4. The average molecular weight is 688 g/mol. The number of anilines is 1. The SMILES string of the molecule is CC(=O)Nc1ccc(SC[C@@H]2C[C@H](c3ccc(CO)cc3)O[C@H](c3ccc(-c4cccc(CNC(=O)NCc5ccccc5)c4)cc3)O2)cc1. The van der Waals surface area contributed by atoms with E-state index in [2.05, 4.69) is 40.2 Å². The quantitative estimate of drug-likeness (QED) is 0.0987. The van der Waals surface area contributed by atoms with Gasteiger partial charge in [0.15, 0.2) is 6.29 Å². The van der Waals surface area contributed by atoms with E-state index in [1.165, 1.54) is 6.92 Å². The van der Waals surface area contributed by atoms with E-state index in [4.69, 9.17) is 9.47 Å². The lowest BCUT2D eigenvalue weighted by Gasteiger charge is -2.36. The molecule has 50 heavy (non-hydrogen) atoms. The third-order valence-electron chi connectivity index (χ3n) is 8.42. The molecule has 1 aliphatic rings. The van der Waals surface area contributed by atoms with Crippen LogP contribution in [0.15, 0.2) is 132 Å². The number of urea groups is 1. The molecule has 5 aromatic carbocycles. The van der Waals surface area contributed by atoms with E-state index in [9.17, 15) is 14.7 Å². The number of nitrogens with one attached hydrogen (secondary N) is 3. The molecule has 256 valence electrons. The van der Waals surface area contributed by atoms with Gasteiger partial charge >= 0.3 is 6.03 Å². The van der Waals surface area contributed by atoms with Crippen molar-refractivity contribution in [2.75, 3.05) is 11.1 Å². The van der Waals surface area contributed by atoms with Gasteiger partial charge in [0.05, 0.1) is 18.8 Å². The minimum atomic E-state index is -0.557. The summed E-state index contributed by atoms with van der Waals surface area (Å²) in [5.74, 6) is 0.633. The molecule has 5 aromatic rings. The Balaban J connectivity index is 1.10. The van der Waals surface area contributed by atoms with Gasteiger partial charge in [0.25, 0.3) is 0 Å². The molecule has 4 N–H and O–H groups in total. The van der Waals surface area contributed by atoms with Crippen LogP contribution in [-0.4, -0.2) is 28.9 Å². The normalized spacial score (nSPS) is 17.1. The number of carbonyl (C=O) groups is 2. The number of carbonyl (C=O) groups excluding carboxylic acids is 2. The molecule has 0 aromatic heterocycles. The van der Waals surface area contributed by atoms with Crippen LogP contribution in [0.4, 0.5) is 10.5 Å². The molecule has 0 radical (unpaired) electrons. The Morgan fingerprint density at radius 1 is 0.720 bits per heavy atom. The first kappa shape index (κ1) is 34.9. The van der Waals surface area contributed by atoms with Crippen molar-refractivity contribution in [3.8, 4) is 11.1 Å². The number of ether oxygens (including phenoxy) is 2. The zero-order valence-electron chi connectivity index (χ0n) is 27.9. The standard InChI is InChI=1S/C41H41N3O5S/c1-28(46)44-36-18-20-38(21-19-36)50-27-37-23-39(33-12-10-30(26-45)11-13-33)49-40(48-37)34-16-14-32(15-17-34)35-9-5-8-31(22-35)25-43-41(47)42-24-29-6-3-2-4-7-29/h2-22,37,39-40,45H,23-27H2,1H3,(H,44,46)(H2,42,43,47)/t37-,39+,40+/m0/s1. The largest absolute Gasteiger partial charge is 0.392 e. The van der Waals surface area contributed by atoms with Gasteiger partial charge in [0.2, 0.25) is 5.91 Å². The van der Waals surface area contributed by atoms with Crippen LogP contribution in [-0.2, 0) is 34.0 Å². The van der Waals surface area contributed by atoms with Crippen molar-refractivity contribution in [3.05, 3.63) is 155 Å². The summed E-state index contributed by atoms with van der Waals surface area (Å²) in [4.78, 5) is 24.9. The van der Waals surface area contributed by atoms with Gasteiger partial charge in [-0.3, -0.25) is 4.79 Å². The van der Waals surface area contributed by atoms with Crippen molar-refractivity contribution >= 4 is 29.4 Å². The predicted molar refractivity (Wildman–Crippen MR) is 197 cm³/mol. The highest BCUT2D eigenvalue weighted by molar-refractivity contribution is 7.99. The average Bonchev–Trinajstić information content (AvgIpc) is 3.16. The molecule has 0 saturated carbocycles. The summed E-state index contributed by atoms with van der Waals surface area (Å²) in [7, 11) is 0. The van der Waals surface area contributed by atoms with Crippen LogP contribution < -0.4 is 16.0 Å². The lowest BCUT2D eigenvalue weighted by molar-refractivity contribution is -0.245. The van der Waals surface area contributed by atoms with E-state index in [1.54, 1.807) is 11.8 Å². The van der Waals surface area contributed by atoms with E-state index in [0.717, 1.165) is 55.3 Å². The number of rotatable bonds is 12. The number of hydrogen-bond acceptors (Lipinski definition) is 6. The number of hydrogen-bond donors (Lipinski definition) is 4. The smallest absolute Gasteiger partial charge is 0.315 e.